The lowest BCUT2D eigenvalue weighted by atomic mass is 9.81. The molecule has 1 atom stereocenters. The van der Waals surface area contributed by atoms with Crippen molar-refractivity contribution in [3.05, 3.63) is 29.3 Å². The van der Waals surface area contributed by atoms with Crippen molar-refractivity contribution in [2.24, 2.45) is 11.3 Å². The molecule has 20 heavy (non-hydrogen) atoms. The molecule has 1 amide bonds. The van der Waals surface area contributed by atoms with Crippen molar-refractivity contribution in [1.82, 2.24) is 0 Å². The molecule has 0 aliphatic heterocycles. The number of carbonyl (C=O) groups is 2. The van der Waals surface area contributed by atoms with Gasteiger partial charge in [-0.3, -0.25) is 4.79 Å². The molecule has 4 heteroatoms. The van der Waals surface area contributed by atoms with E-state index in [1.54, 1.807) is 19.1 Å². The third kappa shape index (κ3) is 2.84. The monoisotopic (exact) mass is 275 g/mol. The van der Waals surface area contributed by atoms with E-state index in [0.29, 0.717) is 11.3 Å². The lowest BCUT2D eigenvalue weighted by Crippen LogP contribution is -2.30. The highest BCUT2D eigenvalue weighted by molar-refractivity contribution is 5.95. The molecule has 0 bridgehead atoms. The Balaban J connectivity index is 2.12. The Morgan fingerprint density at radius 3 is 2.55 bits per heavy atom. The van der Waals surface area contributed by atoms with Crippen LogP contribution in [0.1, 0.15) is 49.0 Å². The molecule has 0 heterocycles. The highest BCUT2D eigenvalue weighted by atomic mass is 16.4. The third-order valence-electron chi connectivity index (χ3n) is 4.30. The van der Waals surface area contributed by atoms with Crippen LogP contribution in [0, 0.1) is 18.3 Å². The Labute approximate surface area is 119 Å². The van der Waals surface area contributed by atoms with E-state index in [-0.39, 0.29) is 22.8 Å². The first-order valence-electron chi connectivity index (χ1n) is 6.96. The molecule has 1 unspecified atom stereocenters. The van der Waals surface area contributed by atoms with Crippen LogP contribution >= 0.6 is 0 Å². The van der Waals surface area contributed by atoms with Gasteiger partial charge in [0.15, 0.2) is 0 Å². The number of aryl methyl sites for hydroxylation is 1. The average molecular weight is 275 g/mol. The van der Waals surface area contributed by atoms with Crippen molar-refractivity contribution < 1.29 is 14.7 Å². The van der Waals surface area contributed by atoms with E-state index < -0.39 is 5.97 Å². The molecule has 0 aromatic heterocycles. The van der Waals surface area contributed by atoms with Crippen LogP contribution in [-0.2, 0) is 4.79 Å². The van der Waals surface area contributed by atoms with Gasteiger partial charge in [-0.25, -0.2) is 4.79 Å². The summed E-state index contributed by atoms with van der Waals surface area (Å²) in [6.07, 6.45) is 3.08. The highest BCUT2D eigenvalue weighted by Crippen LogP contribution is 2.43. The fourth-order valence-corrected chi connectivity index (χ4v) is 3.02. The minimum Gasteiger partial charge on any atom is -0.478 e. The smallest absolute Gasteiger partial charge is 0.335 e. The van der Waals surface area contributed by atoms with Crippen LogP contribution in [0.4, 0.5) is 5.69 Å². The van der Waals surface area contributed by atoms with E-state index in [4.69, 9.17) is 5.11 Å². The second-order valence-electron chi connectivity index (χ2n) is 6.26. The first-order chi connectivity index (χ1) is 9.31. The fourth-order valence-electron chi connectivity index (χ4n) is 3.02. The van der Waals surface area contributed by atoms with Crippen LogP contribution in [0.15, 0.2) is 18.2 Å². The van der Waals surface area contributed by atoms with Crippen molar-refractivity contribution in [3.63, 3.8) is 0 Å². The number of benzene rings is 1. The lowest BCUT2D eigenvalue weighted by molar-refractivity contribution is -0.122. The summed E-state index contributed by atoms with van der Waals surface area (Å²) in [6, 6.07) is 4.90. The molecule has 1 fully saturated rings. The number of hydrogen-bond acceptors (Lipinski definition) is 2. The number of aromatic carboxylic acids is 1. The molecule has 2 rings (SSSR count). The summed E-state index contributed by atoms with van der Waals surface area (Å²) in [6.45, 7) is 5.99. The predicted molar refractivity (Wildman–Crippen MR) is 77.9 cm³/mol. The minimum atomic E-state index is -0.947. The van der Waals surface area contributed by atoms with E-state index in [1.807, 2.05) is 0 Å². The average Bonchev–Trinajstić information content (AvgIpc) is 2.68. The summed E-state index contributed by atoms with van der Waals surface area (Å²) in [7, 11) is 0. The normalized spacial score (nSPS) is 20.6. The van der Waals surface area contributed by atoms with Crippen LogP contribution in [0.3, 0.4) is 0 Å². The van der Waals surface area contributed by atoms with Crippen LogP contribution in [0.25, 0.3) is 0 Å². The molecule has 1 aliphatic carbocycles. The van der Waals surface area contributed by atoms with Crippen LogP contribution in [0.2, 0.25) is 0 Å². The van der Waals surface area contributed by atoms with Gasteiger partial charge in [0.1, 0.15) is 0 Å². The highest BCUT2D eigenvalue weighted by Gasteiger charge is 2.39. The number of carboxylic acids is 1. The van der Waals surface area contributed by atoms with E-state index in [1.165, 1.54) is 6.07 Å². The van der Waals surface area contributed by atoms with Gasteiger partial charge in [0.25, 0.3) is 0 Å². The third-order valence-corrected chi connectivity index (χ3v) is 4.30. The van der Waals surface area contributed by atoms with Crippen molar-refractivity contribution >= 4 is 17.6 Å². The Hall–Kier alpha value is -1.84. The van der Waals surface area contributed by atoms with Gasteiger partial charge in [-0.05, 0) is 48.9 Å². The van der Waals surface area contributed by atoms with Gasteiger partial charge in [-0.15, -0.1) is 0 Å². The summed E-state index contributed by atoms with van der Waals surface area (Å²) in [5.74, 6) is -0.880. The van der Waals surface area contributed by atoms with Crippen molar-refractivity contribution in [3.8, 4) is 0 Å². The van der Waals surface area contributed by atoms with Gasteiger partial charge >= 0.3 is 5.97 Å². The minimum absolute atomic E-state index is 0.0296. The summed E-state index contributed by atoms with van der Waals surface area (Å²) in [5.41, 5.74) is 1.63. The second-order valence-corrected chi connectivity index (χ2v) is 6.26. The number of rotatable bonds is 3. The van der Waals surface area contributed by atoms with Crippen molar-refractivity contribution in [2.45, 2.75) is 40.0 Å². The summed E-state index contributed by atoms with van der Waals surface area (Å²) < 4.78 is 0. The Bertz CT molecular complexity index is 549. The number of carboxylic acid groups (broad SMARTS) is 1. The molecule has 2 N–H and O–H groups in total. The molecule has 1 aliphatic rings. The maximum absolute atomic E-state index is 12.3. The lowest BCUT2D eigenvalue weighted by Gasteiger charge is -2.26. The maximum Gasteiger partial charge on any atom is 0.335 e. The van der Waals surface area contributed by atoms with Crippen molar-refractivity contribution in [1.29, 1.82) is 0 Å². The van der Waals surface area contributed by atoms with E-state index in [2.05, 4.69) is 19.2 Å². The summed E-state index contributed by atoms with van der Waals surface area (Å²) in [5, 5.41) is 11.9. The number of amides is 1. The molecule has 4 nitrogen and oxygen atoms in total. The van der Waals surface area contributed by atoms with Gasteiger partial charge in [0, 0.05) is 11.6 Å². The van der Waals surface area contributed by atoms with Gasteiger partial charge in [-0.2, -0.15) is 0 Å². The number of carbonyl (C=O) groups excluding carboxylic acids is 1. The van der Waals surface area contributed by atoms with Crippen LogP contribution in [0.5, 0.6) is 0 Å². The molecular weight excluding hydrogens is 254 g/mol. The van der Waals surface area contributed by atoms with E-state index in [0.717, 1.165) is 19.3 Å². The SMILES string of the molecule is Cc1cc(NC(=O)C2CCCC2(C)C)ccc1C(=O)O. The molecule has 0 radical (unpaired) electrons. The number of nitrogens with one attached hydrogen (secondary N) is 1. The summed E-state index contributed by atoms with van der Waals surface area (Å²) >= 11 is 0. The van der Waals surface area contributed by atoms with Gasteiger partial charge in [-0.1, -0.05) is 20.3 Å². The molecular formula is C16H21NO3. The van der Waals surface area contributed by atoms with Crippen LogP contribution < -0.4 is 5.32 Å². The Morgan fingerprint density at radius 1 is 1.35 bits per heavy atom. The standard InChI is InChI=1S/C16H21NO3/c1-10-9-11(6-7-12(10)15(19)20)17-14(18)13-5-4-8-16(13,2)3/h6-7,9,13H,4-5,8H2,1-3H3,(H,17,18)(H,19,20). The molecule has 1 aromatic carbocycles. The Morgan fingerprint density at radius 2 is 2.05 bits per heavy atom. The molecule has 108 valence electrons. The quantitative estimate of drug-likeness (QED) is 0.887. The molecule has 0 spiro atoms. The second kappa shape index (κ2) is 5.27. The summed E-state index contributed by atoms with van der Waals surface area (Å²) in [4.78, 5) is 23.3. The maximum atomic E-state index is 12.3. The van der Waals surface area contributed by atoms with E-state index in [9.17, 15) is 9.59 Å². The fraction of sp³-hybridized carbons (Fsp3) is 0.500. The largest absolute Gasteiger partial charge is 0.478 e. The zero-order chi connectivity index (χ0) is 14.9. The van der Waals surface area contributed by atoms with Crippen LogP contribution in [-0.4, -0.2) is 17.0 Å². The Kier molecular flexibility index (Phi) is 3.84. The molecule has 1 saturated carbocycles. The number of anilines is 1. The van der Waals surface area contributed by atoms with E-state index >= 15 is 0 Å². The number of hydrogen-bond donors (Lipinski definition) is 2. The first kappa shape index (κ1) is 14.6. The zero-order valence-electron chi connectivity index (χ0n) is 12.2. The predicted octanol–water partition coefficient (Wildman–Crippen LogP) is 3.46. The topological polar surface area (TPSA) is 66.4 Å². The molecule has 0 saturated heterocycles. The molecule has 1 aromatic rings. The van der Waals surface area contributed by atoms with Gasteiger partial charge in [0.05, 0.1) is 5.56 Å². The van der Waals surface area contributed by atoms with Gasteiger partial charge < -0.3 is 10.4 Å². The van der Waals surface area contributed by atoms with Crippen molar-refractivity contribution in [2.75, 3.05) is 5.32 Å². The zero-order valence-corrected chi connectivity index (χ0v) is 12.2. The first-order valence-corrected chi connectivity index (χ1v) is 6.96. The van der Waals surface area contributed by atoms with Gasteiger partial charge in [0.2, 0.25) is 5.91 Å².